The first-order chi connectivity index (χ1) is 6.33. The van der Waals surface area contributed by atoms with E-state index in [0.717, 1.165) is 12.3 Å². The Morgan fingerprint density at radius 2 is 2.38 bits per heavy atom. The first-order valence-electron chi connectivity index (χ1n) is 5.01. The van der Waals surface area contributed by atoms with Crippen LogP contribution in [-0.4, -0.2) is 4.98 Å². The molecule has 2 N–H and O–H groups in total. The summed E-state index contributed by atoms with van der Waals surface area (Å²) in [4.78, 5) is 4.14. The molecular weight excluding hydrogens is 160 g/mol. The van der Waals surface area contributed by atoms with Crippen molar-refractivity contribution in [3.8, 4) is 0 Å². The monoisotopic (exact) mass is 176 g/mol. The summed E-state index contributed by atoms with van der Waals surface area (Å²) < 4.78 is 0. The predicted molar refractivity (Wildman–Crippen MR) is 53.3 cm³/mol. The zero-order valence-electron chi connectivity index (χ0n) is 8.03. The Labute approximate surface area is 79.2 Å². The van der Waals surface area contributed by atoms with Gasteiger partial charge in [0, 0.05) is 18.4 Å². The van der Waals surface area contributed by atoms with Crippen molar-refractivity contribution in [2.45, 2.75) is 32.2 Å². The Bertz CT molecular complexity index is 292. The maximum atomic E-state index is 6.14. The third kappa shape index (κ3) is 1.73. The van der Waals surface area contributed by atoms with Gasteiger partial charge in [-0.15, -0.1) is 0 Å². The Morgan fingerprint density at radius 1 is 1.62 bits per heavy atom. The summed E-state index contributed by atoms with van der Waals surface area (Å²) in [5.41, 5.74) is 8.75. The summed E-state index contributed by atoms with van der Waals surface area (Å²) in [5.74, 6) is 0.717. The van der Waals surface area contributed by atoms with Crippen LogP contribution in [0.25, 0.3) is 0 Å². The van der Waals surface area contributed by atoms with E-state index in [4.69, 9.17) is 5.73 Å². The van der Waals surface area contributed by atoms with Crippen LogP contribution in [0.2, 0.25) is 0 Å². The van der Waals surface area contributed by atoms with Gasteiger partial charge >= 0.3 is 0 Å². The van der Waals surface area contributed by atoms with Gasteiger partial charge in [-0.25, -0.2) is 0 Å². The van der Waals surface area contributed by atoms with E-state index in [1.54, 1.807) is 0 Å². The van der Waals surface area contributed by atoms with Gasteiger partial charge in [-0.05, 0) is 42.4 Å². The number of aryl methyl sites for hydroxylation is 1. The maximum absolute atomic E-state index is 6.14. The average Bonchev–Trinajstić information content (AvgIpc) is 3.00. The molecule has 1 aromatic rings. The van der Waals surface area contributed by atoms with Crippen molar-refractivity contribution >= 4 is 0 Å². The SMILES string of the molecule is CCc1ccncc1[C@H](N)C1CC1. The van der Waals surface area contributed by atoms with Crippen LogP contribution in [0.5, 0.6) is 0 Å². The van der Waals surface area contributed by atoms with E-state index in [9.17, 15) is 0 Å². The lowest BCUT2D eigenvalue weighted by Crippen LogP contribution is -2.14. The molecule has 2 heteroatoms. The minimum absolute atomic E-state index is 0.226. The molecule has 0 aromatic carbocycles. The van der Waals surface area contributed by atoms with E-state index in [0.29, 0.717) is 0 Å². The number of aromatic nitrogens is 1. The fourth-order valence-electron chi connectivity index (χ4n) is 1.77. The number of hydrogen-bond donors (Lipinski definition) is 1. The molecule has 1 atom stereocenters. The number of nitrogens with two attached hydrogens (primary N) is 1. The quantitative estimate of drug-likeness (QED) is 0.765. The third-order valence-electron chi connectivity index (χ3n) is 2.82. The van der Waals surface area contributed by atoms with Crippen molar-refractivity contribution < 1.29 is 0 Å². The molecule has 1 aliphatic rings. The van der Waals surface area contributed by atoms with E-state index < -0.39 is 0 Å². The van der Waals surface area contributed by atoms with Gasteiger partial charge in [0.1, 0.15) is 0 Å². The van der Waals surface area contributed by atoms with E-state index in [2.05, 4.69) is 18.0 Å². The van der Waals surface area contributed by atoms with Crippen molar-refractivity contribution in [3.63, 3.8) is 0 Å². The van der Waals surface area contributed by atoms with Gasteiger partial charge in [-0.1, -0.05) is 6.92 Å². The molecule has 2 nitrogen and oxygen atoms in total. The molecule has 1 saturated carbocycles. The van der Waals surface area contributed by atoms with Crippen molar-refractivity contribution in [1.82, 2.24) is 4.98 Å². The van der Waals surface area contributed by atoms with Gasteiger partial charge < -0.3 is 5.73 Å². The highest BCUT2D eigenvalue weighted by molar-refractivity contribution is 5.27. The molecule has 0 unspecified atom stereocenters. The van der Waals surface area contributed by atoms with Crippen LogP contribution in [-0.2, 0) is 6.42 Å². The maximum Gasteiger partial charge on any atom is 0.0341 e. The van der Waals surface area contributed by atoms with Crippen LogP contribution in [0.4, 0.5) is 0 Å². The predicted octanol–water partition coefficient (Wildman–Crippen LogP) is 2.05. The van der Waals surface area contributed by atoms with Crippen LogP contribution in [0.1, 0.15) is 36.9 Å². The van der Waals surface area contributed by atoms with Gasteiger partial charge in [-0.3, -0.25) is 4.98 Å². The van der Waals surface area contributed by atoms with E-state index in [1.807, 2.05) is 12.4 Å². The molecule has 0 saturated heterocycles. The lowest BCUT2D eigenvalue weighted by atomic mass is 9.99. The zero-order valence-corrected chi connectivity index (χ0v) is 8.03. The second-order valence-electron chi connectivity index (χ2n) is 3.79. The summed E-state index contributed by atoms with van der Waals surface area (Å²) in [6.45, 7) is 2.17. The number of hydrogen-bond acceptors (Lipinski definition) is 2. The Morgan fingerprint density at radius 3 is 3.00 bits per heavy atom. The lowest BCUT2D eigenvalue weighted by Gasteiger charge is -2.13. The molecule has 70 valence electrons. The molecule has 1 aliphatic carbocycles. The van der Waals surface area contributed by atoms with E-state index in [1.165, 1.54) is 24.0 Å². The summed E-state index contributed by atoms with van der Waals surface area (Å²) in [6.07, 6.45) is 7.42. The molecule has 0 amide bonds. The Balaban J connectivity index is 2.26. The molecule has 1 fully saturated rings. The molecule has 0 bridgehead atoms. The van der Waals surface area contributed by atoms with Crippen molar-refractivity contribution in [2.24, 2.45) is 11.7 Å². The van der Waals surface area contributed by atoms with Gasteiger partial charge in [-0.2, -0.15) is 0 Å². The van der Waals surface area contributed by atoms with Crippen molar-refractivity contribution in [2.75, 3.05) is 0 Å². The summed E-state index contributed by atoms with van der Waals surface area (Å²) in [6, 6.07) is 2.31. The van der Waals surface area contributed by atoms with Crippen LogP contribution >= 0.6 is 0 Å². The molecular formula is C11H16N2. The van der Waals surface area contributed by atoms with Gasteiger partial charge in [0.25, 0.3) is 0 Å². The highest BCUT2D eigenvalue weighted by atomic mass is 14.7. The Kier molecular flexibility index (Phi) is 2.32. The summed E-state index contributed by atoms with van der Waals surface area (Å²) in [7, 11) is 0. The number of nitrogens with zero attached hydrogens (tertiary/aromatic N) is 1. The number of pyridine rings is 1. The second kappa shape index (κ2) is 3.46. The topological polar surface area (TPSA) is 38.9 Å². The van der Waals surface area contributed by atoms with Crippen LogP contribution in [0, 0.1) is 5.92 Å². The first kappa shape index (κ1) is 8.70. The highest BCUT2D eigenvalue weighted by Crippen LogP contribution is 2.40. The van der Waals surface area contributed by atoms with Crippen molar-refractivity contribution in [3.05, 3.63) is 29.6 Å². The molecule has 1 aromatic heterocycles. The molecule has 0 aliphatic heterocycles. The molecule has 1 heterocycles. The smallest absolute Gasteiger partial charge is 0.0341 e. The molecule has 0 radical (unpaired) electrons. The Hall–Kier alpha value is -0.890. The normalized spacial score (nSPS) is 18.6. The third-order valence-corrected chi connectivity index (χ3v) is 2.82. The largest absolute Gasteiger partial charge is 0.324 e. The minimum Gasteiger partial charge on any atom is -0.324 e. The fraction of sp³-hybridized carbons (Fsp3) is 0.545. The minimum atomic E-state index is 0.226. The van der Waals surface area contributed by atoms with Crippen LogP contribution in [0.15, 0.2) is 18.5 Å². The average molecular weight is 176 g/mol. The highest BCUT2D eigenvalue weighted by Gasteiger charge is 2.30. The molecule has 13 heavy (non-hydrogen) atoms. The van der Waals surface area contributed by atoms with Crippen LogP contribution < -0.4 is 5.73 Å². The summed E-state index contributed by atoms with van der Waals surface area (Å²) in [5, 5.41) is 0. The zero-order chi connectivity index (χ0) is 9.26. The molecule has 0 spiro atoms. The van der Waals surface area contributed by atoms with Gasteiger partial charge in [0.2, 0.25) is 0 Å². The molecule has 2 rings (SSSR count). The number of rotatable bonds is 3. The lowest BCUT2D eigenvalue weighted by molar-refractivity contribution is 0.624. The van der Waals surface area contributed by atoms with E-state index in [-0.39, 0.29) is 6.04 Å². The summed E-state index contributed by atoms with van der Waals surface area (Å²) >= 11 is 0. The standard InChI is InChI=1S/C11H16N2/c1-2-8-5-6-13-7-10(8)11(12)9-3-4-9/h5-7,9,11H,2-4,12H2,1H3/t11-/m1/s1. The van der Waals surface area contributed by atoms with Crippen molar-refractivity contribution in [1.29, 1.82) is 0 Å². The van der Waals surface area contributed by atoms with Gasteiger partial charge in [0.05, 0.1) is 0 Å². The van der Waals surface area contributed by atoms with Gasteiger partial charge in [0.15, 0.2) is 0 Å². The first-order valence-corrected chi connectivity index (χ1v) is 5.01. The fourth-order valence-corrected chi connectivity index (χ4v) is 1.77. The van der Waals surface area contributed by atoms with E-state index >= 15 is 0 Å². The second-order valence-corrected chi connectivity index (χ2v) is 3.79. The van der Waals surface area contributed by atoms with Crippen LogP contribution in [0.3, 0.4) is 0 Å².